The van der Waals surface area contributed by atoms with Gasteiger partial charge in [0.15, 0.2) is 0 Å². The molecule has 2 amide bonds. The van der Waals surface area contributed by atoms with Crippen LogP contribution in [-0.2, 0) is 4.79 Å². The molecule has 1 atom stereocenters. The lowest BCUT2D eigenvalue weighted by molar-refractivity contribution is -0.125. The Morgan fingerprint density at radius 1 is 0.900 bits per heavy atom. The number of halogens is 1. The third-order valence-corrected chi connectivity index (χ3v) is 7.61. The summed E-state index contributed by atoms with van der Waals surface area (Å²) in [5.74, 6) is 0.868. The lowest BCUT2D eigenvalue weighted by Crippen LogP contribution is -2.51. The number of hydrogen-bond donors (Lipinski definition) is 1. The fourth-order valence-electron chi connectivity index (χ4n) is 5.33. The van der Waals surface area contributed by atoms with Gasteiger partial charge in [0.1, 0.15) is 6.04 Å². The van der Waals surface area contributed by atoms with Crippen LogP contribution in [0.4, 0.5) is 0 Å². The Morgan fingerprint density at radius 2 is 1.60 bits per heavy atom. The monoisotopic (exact) mass is 475 g/mol. The van der Waals surface area contributed by atoms with Gasteiger partial charge in [-0.15, -0.1) is 0 Å². The number of nitrogens with one attached hydrogen (secondary N) is 1. The zero-order valence-corrected chi connectivity index (χ0v) is 19.4. The van der Waals surface area contributed by atoms with Crippen LogP contribution in [0.3, 0.4) is 0 Å². The van der Waals surface area contributed by atoms with Crippen LogP contribution in [-0.4, -0.2) is 59.9 Å². The Labute approximate surface area is 188 Å². The Balaban J connectivity index is 1.26. The number of rotatable bonds is 5. The van der Waals surface area contributed by atoms with Gasteiger partial charge in [-0.3, -0.25) is 9.59 Å². The van der Waals surface area contributed by atoms with E-state index >= 15 is 0 Å². The number of hydrogen-bond acceptors (Lipinski definition) is 3. The second-order valence-corrected chi connectivity index (χ2v) is 10.2. The van der Waals surface area contributed by atoms with Crippen molar-refractivity contribution in [3.05, 3.63) is 34.3 Å². The molecular weight excluding hydrogens is 442 g/mol. The first-order valence-electron chi connectivity index (χ1n) is 11.7. The molecule has 1 aliphatic carbocycles. The number of carbonyl (C=O) groups excluding carboxylic acids is 2. The Kier molecular flexibility index (Phi) is 7.47. The lowest BCUT2D eigenvalue weighted by atomic mass is 9.88. The molecule has 0 aromatic heterocycles. The van der Waals surface area contributed by atoms with E-state index < -0.39 is 0 Å². The minimum absolute atomic E-state index is 0.0312. The van der Waals surface area contributed by atoms with Crippen LogP contribution in [0.25, 0.3) is 0 Å². The first-order chi connectivity index (χ1) is 14.6. The molecule has 164 valence electrons. The van der Waals surface area contributed by atoms with E-state index in [1.807, 2.05) is 24.3 Å². The van der Waals surface area contributed by atoms with E-state index in [4.69, 9.17) is 0 Å². The van der Waals surface area contributed by atoms with Gasteiger partial charge in [0.2, 0.25) is 5.91 Å². The van der Waals surface area contributed by atoms with E-state index in [2.05, 4.69) is 26.1 Å². The van der Waals surface area contributed by atoms with Crippen molar-refractivity contribution in [3.63, 3.8) is 0 Å². The van der Waals surface area contributed by atoms with Crippen LogP contribution in [0, 0.1) is 5.92 Å². The molecule has 2 heterocycles. The van der Waals surface area contributed by atoms with Gasteiger partial charge in [-0.1, -0.05) is 35.2 Å². The maximum atomic E-state index is 13.0. The van der Waals surface area contributed by atoms with Gasteiger partial charge in [-0.2, -0.15) is 0 Å². The Morgan fingerprint density at radius 3 is 2.30 bits per heavy atom. The summed E-state index contributed by atoms with van der Waals surface area (Å²) >= 11 is 3.41. The molecule has 2 saturated heterocycles. The summed E-state index contributed by atoms with van der Waals surface area (Å²) in [6, 6.07) is 7.30. The largest absolute Gasteiger partial charge is 0.351 e. The molecule has 1 N–H and O–H groups in total. The van der Waals surface area contributed by atoms with Crippen LogP contribution in [0.5, 0.6) is 0 Å². The van der Waals surface area contributed by atoms with E-state index in [9.17, 15) is 9.59 Å². The minimum atomic E-state index is -0.332. The number of piperidine rings is 1. The maximum absolute atomic E-state index is 13.0. The number of carbonyl (C=O) groups is 2. The molecule has 1 saturated carbocycles. The standard InChI is InChI=1S/C24H34BrN3O2/c25-20-10-8-19(9-11-20)24(30)28-14-4-7-22(28)23(29)26-21-12-15-27(16-13-21)17-18-5-2-1-3-6-18/h8-11,18,21-22H,1-7,12-17H2,(H,26,29). The number of likely N-dealkylation sites (tertiary alicyclic amines) is 2. The molecule has 0 radical (unpaired) electrons. The van der Waals surface area contributed by atoms with Crippen LogP contribution in [0.15, 0.2) is 28.7 Å². The Bertz CT molecular complexity index is 724. The van der Waals surface area contributed by atoms with Crippen molar-refractivity contribution in [2.45, 2.75) is 69.9 Å². The molecular formula is C24H34BrN3O2. The van der Waals surface area contributed by atoms with Gasteiger partial charge >= 0.3 is 0 Å². The molecule has 3 fully saturated rings. The van der Waals surface area contributed by atoms with E-state index in [1.165, 1.54) is 38.6 Å². The lowest BCUT2D eigenvalue weighted by Gasteiger charge is -2.36. The van der Waals surface area contributed by atoms with Crippen molar-refractivity contribution in [1.82, 2.24) is 15.1 Å². The molecule has 2 aliphatic heterocycles. The number of nitrogens with zero attached hydrogens (tertiary/aromatic N) is 2. The predicted molar refractivity (Wildman–Crippen MR) is 122 cm³/mol. The molecule has 4 rings (SSSR count). The summed E-state index contributed by atoms with van der Waals surface area (Å²) in [5.41, 5.74) is 0.647. The van der Waals surface area contributed by atoms with Gasteiger partial charge in [0, 0.05) is 42.3 Å². The van der Waals surface area contributed by atoms with Crippen molar-refractivity contribution in [3.8, 4) is 0 Å². The van der Waals surface area contributed by atoms with Crippen LogP contribution < -0.4 is 5.32 Å². The van der Waals surface area contributed by atoms with Gasteiger partial charge in [-0.05, 0) is 68.7 Å². The van der Waals surface area contributed by atoms with E-state index in [-0.39, 0.29) is 23.9 Å². The average molecular weight is 476 g/mol. The molecule has 3 aliphatic rings. The molecule has 1 unspecified atom stereocenters. The van der Waals surface area contributed by atoms with Gasteiger partial charge in [-0.25, -0.2) is 0 Å². The summed E-state index contributed by atoms with van der Waals surface area (Å²) < 4.78 is 0.949. The third-order valence-electron chi connectivity index (χ3n) is 7.08. The second kappa shape index (κ2) is 10.3. The van der Waals surface area contributed by atoms with Crippen molar-refractivity contribution in [2.75, 3.05) is 26.2 Å². The summed E-state index contributed by atoms with van der Waals surface area (Å²) in [6.07, 6.45) is 10.7. The van der Waals surface area contributed by atoms with Gasteiger partial charge in [0.25, 0.3) is 5.91 Å². The summed E-state index contributed by atoms with van der Waals surface area (Å²) in [7, 11) is 0. The highest BCUT2D eigenvalue weighted by molar-refractivity contribution is 9.10. The molecule has 6 heteroatoms. The summed E-state index contributed by atoms with van der Waals surface area (Å²) in [6.45, 7) is 4.05. The molecule has 0 spiro atoms. The summed E-state index contributed by atoms with van der Waals surface area (Å²) in [5, 5.41) is 3.26. The maximum Gasteiger partial charge on any atom is 0.254 e. The van der Waals surface area contributed by atoms with Crippen molar-refractivity contribution < 1.29 is 9.59 Å². The second-order valence-electron chi connectivity index (χ2n) is 9.25. The highest BCUT2D eigenvalue weighted by atomic mass is 79.9. The van der Waals surface area contributed by atoms with Crippen LogP contribution in [0.1, 0.15) is 68.1 Å². The first kappa shape index (κ1) is 21.8. The van der Waals surface area contributed by atoms with E-state index in [1.54, 1.807) is 4.90 Å². The fraction of sp³-hybridized carbons (Fsp3) is 0.667. The molecule has 1 aromatic carbocycles. The number of amides is 2. The number of benzene rings is 1. The van der Waals surface area contributed by atoms with Gasteiger partial charge < -0.3 is 15.1 Å². The first-order valence-corrected chi connectivity index (χ1v) is 12.5. The predicted octanol–water partition coefficient (Wildman–Crippen LogP) is 4.21. The Hall–Kier alpha value is -1.40. The van der Waals surface area contributed by atoms with Crippen molar-refractivity contribution in [2.24, 2.45) is 5.92 Å². The third kappa shape index (κ3) is 5.44. The van der Waals surface area contributed by atoms with Crippen LogP contribution in [0.2, 0.25) is 0 Å². The van der Waals surface area contributed by atoms with Crippen molar-refractivity contribution >= 4 is 27.7 Å². The SMILES string of the molecule is O=C(NC1CCN(CC2CCCCC2)CC1)C1CCCN1C(=O)c1ccc(Br)cc1. The zero-order chi connectivity index (χ0) is 20.9. The average Bonchev–Trinajstić information content (AvgIpc) is 3.26. The van der Waals surface area contributed by atoms with E-state index in [0.717, 1.165) is 49.2 Å². The molecule has 0 bridgehead atoms. The van der Waals surface area contributed by atoms with Crippen molar-refractivity contribution in [1.29, 1.82) is 0 Å². The minimum Gasteiger partial charge on any atom is -0.351 e. The summed E-state index contributed by atoms with van der Waals surface area (Å²) in [4.78, 5) is 30.3. The topological polar surface area (TPSA) is 52.7 Å². The molecule has 30 heavy (non-hydrogen) atoms. The molecule has 5 nitrogen and oxygen atoms in total. The zero-order valence-electron chi connectivity index (χ0n) is 17.8. The normalized spacial score (nSPS) is 24.2. The van der Waals surface area contributed by atoms with E-state index in [0.29, 0.717) is 12.1 Å². The highest BCUT2D eigenvalue weighted by Crippen LogP contribution is 2.26. The highest BCUT2D eigenvalue weighted by Gasteiger charge is 2.35. The van der Waals surface area contributed by atoms with Crippen LogP contribution >= 0.6 is 15.9 Å². The fourth-order valence-corrected chi connectivity index (χ4v) is 5.60. The molecule has 1 aromatic rings. The quantitative estimate of drug-likeness (QED) is 0.693. The van der Waals surface area contributed by atoms with Gasteiger partial charge in [0.05, 0.1) is 0 Å². The smallest absolute Gasteiger partial charge is 0.254 e.